The molecule has 6 amide bonds. The van der Waals surface area contributed by atoms with E-state index in [9.17, 15) is 28.8 Å². The number of ketones is 1. The fourth-order valence-corrected chi connectivity index (χ4v) is 4.38. The maximum Gasteiger partial charge on any atom is 0.312 e. The summed E-state index contributed by atoms with van der Waals surface area (Å²) in [7, 11) is 0. The van der Waals surface area contributed by atoms with Crippen molar-refractivity contribution < 1.29 is 28.8 Å². The molecule has 0 spiro atoms. The zero-order chi connectivity index (χ0) is 26.5. The average Bonchev–Trinajstić information content (AvgIpc) is 3.05. The summed E-state index contributed by atoms with van der Waals surface area (Å²) in [6.07, 6.45) is 4.90. The SMILES string of the molecule is CSC1CC(=O)N(CCCCCC(=O)N[C@H](C(=O)N[C@@H](CCCNC(N)=O)C(C)=O)C(C)C)C1=O. The zero-order valence-electron chi connectivity index (χ0n) is 21.1. The Bertz CT molecular complexity index is 790. The molecular weight excluding hydrogens is 474 g/mol. The van der Waals surface area contributed by atoms with Gasteiger partial charge in [-0.2, -0.15) is 11.8 Å². The van der Waals surface area contributed by atoms with Gasteiger partial charge in [-0.25, -0.2) is 4.79 Å². The third-order valence-electron chi connectivity index (χ3n) is 5.81. The number of hydrogen-bond acceptors (Lipinski definition) is 7. The molecule has 1 fully saturated rings. The number of rotatable bonds is 16. The van der Waals surface area contributed by atoms with Crippen LogP contribution in [0.2, 0.25) is 0 Å². The maximum absolute atomic E-state index is 12.8. The van der Waals surface area contributed by atoms with E-state index in [1.165, 1.54) is 23.6 Å². The summed E-state index contributed by atoms with van der Waals surface area (Å²) < 4.78 is 0. The minimum Gasteiger partial charge on any atom is -0.352 e. The van der Waals surface area contributed by atoms with Crippen molar-refractivity contribution in [1.82, 2.24) is 20.9 Å². The third kappa shape index (κ3) is 10.7. The maximum atomic E-state index is 12.8. The van der Waals surface area contributed by atoms with E-state index < -0.39 is 24.0 Å². The molecule has 1 aliphatic heterocycles. The predicted molar refractivity (Wildman–Crippen MR) is 133 cm³/mol. The molecule has 198 valence electrons. The van der Waals surface area contributed by atoms with Gasteiger partial charge in [-0.3, -0.25) is 28.9 Å². The minimum absolute atomic E-state index is 0.140. The number of primary amides is 1. The Kier molecular flexibility index (Phi) is 13.4. The number of urea groups is 1. The number of carbonyl (C=O) groups excluding carboxylic acids is 6. The summed E-state index contributed by atoms with van der Waals surface area (Å²) in [6, 6.07) is -2.17. The van der Waals surface area contributed by atoms with E-state index in [0.717, 1.165) is 0 Å². The van der Waals surface area contributed by atoms with Crippen molar-refractivity contribution in [2.75, 3.05) is 19.3 Å². The molecule has 11 nitrogen and oxygen atoms in total. The summed E-state index contributed by atoms with van der Waals surface area (Å²) >= 11 is 1.38. The second kappa shape index (κ2) is 15.4. The molecule has 0 aromatic rings. The molecule has 35 heavy (non-hydrogen) atoms. The first-order valence-corrected chi connectivity index (χ1v) is 13.3. The number of Topliss-reactive ketones (excluding diaryl/α,β-unsaturated/α-hetero) is 1. The van der Waals surface area contributed by atoms with E-state index in [4.69, 9.17) is 5.73 Å². The zero-order valence-corrected chi connectivity index (χ0v) is 21.9. The van der Waals surface area contributed by atoms with E-state index >= 15 is 0 Å². The highest BCUT2D eigenvalue weighted by Crippen LogP contribution is 2.23. The molecule has 1 aliphatic rings. The first kappa shape index (κ1) is 30.4. The van der Waals surface area contributed by atoms with Crippen LogP contribution < -0.4 is 21.7 Å². The van der Waals surface area contributed by atoms with Crippen LogP contribution in [0.3, 0.4) is 0 Å². The number of likely N-dealkylation sites (tertiary alicyclic amines) is 1. The van der Waals surface area contributed by atoms with Crippen LogP contribution in [0.15, 0.2) is 0 Å². The van der Waals surface area contributed by atoms with Crippen LogP contribution in [0.4, 0.5) is 4.79 Å². The second-order valence-electron chi connectivity index (χ2n) is 9.02. The Hall–Kier alpha value is -2.63. The number of unbranched alkanes of at least 4 members (excludes halogenated alkanes) is 2. The predicted octanol–water partition coefficient (Wildman–Crippen LogP) is 0.700. The first-order chi connectivity index (χ1) is 16.5. The fraction of sp³-hybridized carbons (Fsp3) is 0.739. The van der Waals surface area contributed by atoms with Crippen LogP contribution in [0.1, 0.15) is 65.7 Å². The summed E-state index contributed by atoms with van der Waals surface area (Å²) in [5.74, 6) is -1.42. The lowest BCUT2D eigenvalue weighted by Gasteiger charge is -2.24. The summed E-state index contributed by atoms with van der Waals surface area (Å²) in [6.45, 7) is 5.62. The standard InChI is InChI=1S/C23H39N5O6S/c1-14(2)20(21(32)26-16(15(3)29)9-8-11-25-23(24)34)27-18(30)10-6-5-7-12-28-19(31)13-17(35-4)22(28)33/h14,16-17,20H,5-13H2,1-4H3,(H,26,32)(H,27,30)(H3,24,25,34)/t16-,17?,20-/m0/s1. The number of nitrogens with one attached hydrogen (secondary N) is 3. The molecule has 0 bridgehead atoms. The highest BCUT2D eigenvalue weighted by Gasteiger charge is 2.37. The highest BCUT2D eigenvalue weighted by atomic mass is 32.2. The normalized spacial score (nSPS) is 17.3. The average molecular weight is 514 g/mol. The molecular formula is C23H39N5O6S. The van der Waals surface area contributed by atoms with E-state index in [2.05, 4.69) is 16.0 Å². The molecule has 0 aliphatic carbocycles. The summed E-state index contributed by atoms with van der Waals surface area (Å²) in [5, 5.41) is 7.59. The highest BCUT2D eigenvalue weighted by molar-refractivity contribution is 8.00. The van der Waals surface area contributed by atoms with Gasteiger partial charge in [0.05, 0.1) is 11.3 Å². The van der Waals surface area contributed by atoms with E-state index in [-0.39, 0.29) is 54.1 Å². The van der Waals surface area contributed by atoms with Crippen molar-refractivity contribution in [3.05, 3.63) is 0 Å². The van der Waals surface area contributed by atoms with E-state index in [1.807, 2.05) is 6.26 Å². The Balaban J connectivity index is 2.44. The number of nitrogens with two attached hydrogens (primary N) is 1. The van der Waals surface area contributed by atoms with Crippen molar-refractivity contribution >= 4 is 47.2 Å². The van der Waals surface area contributed by atoms with Crippen molar-refractivity contribution in [3.8, 4) is 0 Å². The van der Waals surface area contributed by atoms with Crippen molar-refractivity contribution in [2.45, 2.75) is 83.1 Å². The molecule has 0 aromatic heterocycles. The van der Waals surface area contributed by atoms with Crippen molar-refractivity contribution in [3.63, 3.8) is 0 Å². The lowest BCUT2D eigenvalue weighted by molar-refractivity contribution is -0.138. The lowest BCUT2D eigenvalue weighted by atomic mass is 10.0. The number of nitrogens with zero attached hydrogens (tertiary/aromatic N) is 1. The Labute approximate surface area is 211 Å². The smallest absolute Gasteiger partial charge is 0.312 e. The van der Waals surface area contributed by atoms with Gasteiger partial charge < -0.3 is 21.7 Å². The molecule has 1 heterocycles. The molecule has 0 aromatic carbocycles. The van der Waals surface area contributed by atoms with E-state index in [0.29, 0.717) is 38.6 Å². The van der Waals surface area contributed by atoms with Gasteiger partial charge in [-0.15, -0.1) is 0 Å². The lowest BCUT2D eigenvalue weighted by Crippen LogP contribution is -2.53. The largest absolute Gasteiger partial charge is 0.352 e. The van der Waals surface area contributed by atoms with Gasteiger partial charge in [0.15, 0.2) is 5.78 Å². The molecule has 0 saturated carbocycles. The fourth-order valence-electron chi connectivity index (χ4n) is 3.74. The summed E-state index contributed by atoms with van der Waals surface area (Å²) in [5.41, 5.74) is 5.01. The van der Waals surface area contributed by atoms with Gasteiger partial charge >= 0.3 is 6.03 Å². The molecule has 3 atom stereocenters. The van der Waals surface area contributed by atoms with Crippen LogP contribution in [0.25, 0.3) is 0 Å². The molecule has 0 radical (unpaired) electrons. The number of imide groups is 1. The molecule has 1 unspecified atom stereocenters. The summed E-state index contributed by atoms with van der Waals surface area (Å²) in [4.78, 5) is 73.3. The molecule has 1 rings (SSSR count). The quantitative estimate of drug-likeness (QED) is 0.174. The monoisotopic (exact) mass is 513 g/mol. The Morgan fingerprint density at radius 1 is 1.09 bits per heavy atom. The Morgan fingerprint density at radius 3 is 2.31 bits per heavy atom. The van der Waals surface area contributed by atoms with Crippen LogP contribution in [0.5, 0.6) is 0 Å². The van der Waals surface area contributed by atoms with Gasteiger partial charge in [-0.1, -0.05) is 20.3 Å². The molecule has 5 N–H and O–H groups in total. The van der Waals surface area contributed by atoms with Crippen LogP contribution in [-0.4, -0.2) is 77.0 Å². The van der Waals surface area contributed by atoms with Gasteiger partial charge in [0.2, 0.25) is 23.6 Å². The van der Waals surface area contributed by atoms with Crippen LogP contribution >= 0.6 is 11.8 Å². The first-order valence-electron chi connectivity index (χ1n) is 12.0. The van der Waals surface area contributed by atoms with Crippen LogP contribution in [-0.2, 0) is 24.0 Å². The topological polar surface area (TPSA) is 168 Å². The van der Waals surface area contributed by atoms with Gasteiger partial charge in [0.1, 0.15) is 6.04 Å². The van der Waals surface area contributed by atoms with Gasteiger partial charge in [0.25, 0.3) is 0 Å². The number of carbonyl (C=O) groups is 6. The van der Waals surface area contributed by atoms with Crippen molar-refractivity contribution in [1.29, 1.82) is 0 Å². The van der Waals surface area contributed by atoms with Gasteiger partial charge in [-0.05, 0) is 44.8 Å². The number of thioether (sulfide) groups is 1. The van der Waals surface area contributed by atoms with Gasteiger partial charge in [0, 0.05) is 25.9 Å². The number of amides is 6. The molecule has 1 saturated heterocycles. The van der Waals surface area contributed by atoms with Crippen molar-refractivity contribution in [2.24, 2.45) is 11.7 Å². The van der Waals surface area contributed by atoms with Crippen LogP contribution in [0, 0.1) is 5.92 Å². The minimum atomic E-state index is -0.795. The number of hydrogen-bond donors (Lipinski definition) is 4. The Morgan fingerprint density at radius 2 is 1.77 bits per heavy atom. The second-order valence-corrected chi connectivity index (χ2v) is 10.1. The molecule has 12 heteroatoms. The third-order valence-corrected chi connectivity index (χ3v) is 6.75. The van der Waals surface area contributed by atoms with E-state index in [1.54, 1.807) is 13.8 Å².